The second kappa shape index (κ2) is 14.7. The first-order chi connectivity index (χ1) is 16.5. The molecule has 0 aliphatic rings. The summed E-state index contributed by atoms with van der Waals surface area (Å²) in [6.45, 7) is -0.101. The van der Waals surface area contributed by atoms with Gasteiger partial charge in [0.05, 0.1) is 6.54 Å². The molecule has 1 unspecified atom stereocenters. The SMILES string of the molecule is O=C(NC(CCCNC(=O)Oc1ccccc1)C(=O)OCCNC(=O)Oc1ccccc1)OO. The molecule has 0 radical (unpaired) electrons. The standard InChI is InChI=1S/C22H25N3O9/c26-19(31-15-14-24-21(28)33-17-10-5-2-6-11-17)18(25-22(29)34-30)12-7-13-23-20(27)32-16-8-3-1-4-9-16/h1-6,8-11,18,30H,7,12-15H2,(H,23,27)(H,24,28)(H,25,29). The van der Waals surface area contributed by atoms with Crippen molar-refractivity contribution in [3.8, 4) is 11.5 Å². The summed E-state index contributed by atoms with van der Waals surface area (Å²) >= 11 is 0. The van der Waals surface area contributed by atoms with Crippen LogP contribution in [-0.2, 0) is 14.4 Å². The minimum absolute atomic E-state index is 0.0402. The molecule has 0 aliphatic carbocycles. The molecular weight excluding hydrogens is 450 g/mol. The van der Waals surface area contributed by atoms with Crippen LogP contribution in [0, 0.1) is 0 Å². The van der Waals surface area contributed by atoms with E-state index in [0.29, 0.717) is 11.5 Å². The van der Waals surface area contributed by atoms with E-state index in [1.807, 2.05) is 0 Å². The van der Waals surface area contributed by atoms with Gasteiger partial charge in [-0.15, -0.1) is 0 Å². The van der Waals surface area contributed by atoms with Gasteiger partial charge in [-0.2, -0.15) is 5.26 Å². The predicted molar refractivity (Wildman–Crippen MR) is 117 cm³/mol. The van der Waals surface area contributed by atoms with Gasteiger partial charge in [0.15, 0.2) is 0 Å². The maximum atomic E-state index is 12.3. The summed E-state index contributed by atoms with van der Waals surface area (Å²) in [5, 5.41) is 15.5. The zero-order valence-electron chi connectivity index (χ0n) is 18.1. The lowest BCUT2D eigenvalue weighted by Crippen LogP contribution is -2.43. The lowest BCUT2D eigenvalue weighted by Gasteiger charge is -2.16. The summed E-state index contributed by atoms with van der Waals surface area (Å²) in [6, 6.07) is 15.7. The lowest BCUT2D eigenvalue weighted by atomic mass is 10.1. The molecule has 0 heterocycles. The van der Waals surface area contributed by atoms with Gasteiger partial charge >= 0.3 is 24.2 Å². The molecule has 4 N–H and O–H groups in total. The Balaban J connectivity index is 1.69. The summed E-state index contributed by atoms with van der Waals surface area (Å²) in [7, 11) is 0. The van der Waals surface area contributed by atoms with E-state index in [1.54, 1.807) is 60.7 Å². The normalized spacial score (nSPS) is 10.9. The molecule has 34 heavy (non-hydrogen) atoms. The van der Waals surface area contributed by atoms with Crippen molar-refractivity contribution in [1.29, 1.82) is 0 Å². The molecule has 12 heteroatoms. The Morgan fingerprint density at radius 2 is 1.29 bits per heavy atom. The van der Waals surface area contributed by atoms with Gasteiger partial charge in [-0.3, -0.25) is 4.89 Å². The highest BCUT2D eigenvalue weighted by Gasteiger charge is 2.23. The molecule has 3 amide bonds. The quantitative estimate of drug-likeness (QED) is 0.165. The predicted octanol–water partition coefficient (Wildman–Crippen LogP) is 2.45. The van der Waals surface area contributed by atoms with Gasteiger partial charge in [0, 0.05) is 6.54 Å². The molecule has 2 rings (SSSR count). The van der Waals surface area contributed by atoms with Crippen LogP contribution in [0.15, 0.2) is 60.7 Å². The van der Waals surface area contributed by atoms with E-state index in [2.05, 4.69) is 20.8 Å². The van der Waals surface area contributed by atoms with Crippen molar-refractivity contribution in [3.05, 3.63) is 60.7 Å². The maximum absolute atomic E-state index is 12.3. The van der Waals surface area contributed by atoms with E-state index in [4.69, 9.17) is 19.5 Å². The molecule has 0 aromatic heterocycles. The number of amides is 3. The van der Waals surface area contributed by atoms with Crippen LogP contribution in [0.1, 0.15) is 12.8 Å². The van der Waals surface area contributed by atoms with Crippen molar-refractivity contribution in [1.82, 2.24) is 16.0 Å². The smallest absolute Gasteiger partial charge is 0.439 e. The highest BCUT2D eigenvalue weighted by Crippen LogP contribution is 2.09. The van der Waals surface area contributed by atoms with E-state index in [-0.39, 0.29) is 32.5 Å². The van der Waals surface area contributed by atoms with Gasteiger partial charge in [-0.25, -0.2) is 19.2 Å². The summed E-state index contributed by atoms with van der Waals surface area (Å²) in [6.07, 6.45) is -2.33. The number of nitrogens with one attached hydrogen (secondary N) is 3. The van der Waals surface area contributed by atoms with Crippen LogP contribution < -0.4 is 25.4 Å². The molecule has 0 bridgehead atoms. The van der Waals surface area contributed by atoms with Gasteiger partial charge in [0.25, 0.3) is 0 Å². The third-order valence-electron chi connectivity index (χ3n) is 4.12. The van der Waals surface area contributed by atoms with Crippen LogP contribution in [-0.4, -0.2) is 55.2 Å². The minimum atomic E-state index is -1.25. The molecule has 0 spiro atoms. The fraction of sp³-hybridized carbons (Fsp3) is 0.273. The van der Waals surface area contributed by atoms with Gasteiger partial charge in [0.1, 0.15) is 24.1 Å². The van der Waals surface area contributed by atoms with E-state index in [9.17, 15) is 19.2 Å². The fourth-order valence-corrected chi connectivity index (χ4v) is 2.58. The van der Waals surface area contributed by atoms with Crippen molar-refractivity contribution in [2.24, 2.45) is 0 Å². The Morgan fingerprint density at radius 1 is 0.765 bits per heavy atom. The molecule has 0 aliphatic heterocycles. The molecule has 182 valence electrons. The van der Waals surface area contributed by atoms with Crippen molar-refractivity contribution in [2.75, 3.05) is 19.7 Å². The molecule has 12 nitrogen and oxygen atoms in total. The van der Waals surface area contributed by atoms with Crippen LogP contribution in [0.3, 0.4) is 0 Å². The topological polar surface area (TPSA) is 162 Å². The van der Waals surface area contributed by atoms with E-state index < -0.39 is 30.3 Å². The molecule has 0 saturated heterocycles. The summed E-state index contributed by atoms with van der Waals surface area (Å²) in [5.41, 5.74) is 0. The Bertz CT molecular complexity index is 926. The number of esters is 1. The van der Waals surface area contributed by atoms with Gasteiger partial charge in [-0.1, -0.05) is 36.4 Å². The van der Waals surface area contributed by atoms with Crippen molar-refractivity contribution in [2.45, 2.75) is 18.9 Å². The van der Waals surface area contributed by atoms with E-state index >= 15 is 0 Å². The number of ether oxygens (including phenoxy) is 3. The van der Waals surface area contributed by atoms with Crippen molar-refractivity contribution < 1.29 is 43.5 Å². The second-order valence-corrected chi connectivity index (χ2v) is 6.64. The van der Waals surface area contributed by atoms with Crippen LogP contribution in [0.25, 0.3) is 0 Å². The number of carbonyl (C=O) groups excluding carboxylic acids is 4. The first kappa shape index (κ1) is 25.9. The fourth-order valence-electron chi connectivity index (χ4n) is 2.58. The Kier molecular flexibility index (Phi) is 11.2. The van der Waals surface area contributed by atoms with Crippen LogP contribution in [0.2, 0.25) is 0 Å². The lowest BCUT2D eigenvalue weighted by molar-refractivity contribution is -0.179. The molecule has 2 aromatic carbocycles. The van der Waals surface area contributed by atoms with Gasteiger partial charge in [0.2, 0.25) is 0 Å². The number of rotatable bonds is 11. The number of carbonyl (C=O) groups is 4. The van der Waals surface area contributed by atoms with Crippen molar-refractivity contribution >= 4 is 24.2 Å². The van der Waals surface area contributed by atoms with Gasteiger partial charge in [-0.05, 0) is 37.1 Å². The average molecular weight is 475 g/mol. The van der Waals surface area contributed by atoms with Crippen LogP contribution in [0.4, 0.5) is 14.4 Å². The number of hydrogen-bond donors (Lipinski definition) is 4. The summed E-state index contributed by atoms with van der Waals surface area (Å²) < 4.78 is 15.1. The number of hydrogen-bond acceptors (Lipinski definition) is 9. The largest absolute Gasteiger partial charge is 0.462 e. The number of para-hydroxylation sites is 2. The third-order valence-corrected chi connectivity index (χ3v) is 4.12. The highest BCUT2D eigenvalue weighted by molar-refractivity contribution is 5.81. The third kappa shape index (κ3) is 10.3. The Labute approximate surface area is 195 Å². The zero-order valence-corrected chi connectivity index (χ0v) is 18.1. The van der Waals surface area contributed by atoms with Crippen LogP contribution >= 0.6 is 0 Å². The molecule has 0 fully saturated rings. The Hall–Kier alpha value is -4.32. The zero-order chi connectivity index (χ0) is 24.6. The molecule has 0 saturated carbocycles. The van der Waals surface area contributed by atoms with E-state index in [0.717, 1.165) is 0 Å². The first-order valence-electron chi connectivity index (χ1n) is 10.3. The highest BCUT2D eigenvalue weighted by atomic mass is 17.1. The summed E-state index contributed by atoms with van der Waals surface area (Å²) in [4.78, 5) is 50.6. The van der Waals surface area contributed by atoms with E-state index in [1.165, 1.54) is 0 Å². The monoisotopic (exact) mass is 475 g/mol. The molecular formula is C22H25N3O9. The van der Waals surface area contributed by atoms with Crippen molar-refractivity contribution in [3.63, 3.8) is 0 Å². The van der Waals surface area contributed by atoms with Gasteiger partial charge < -0.3 is 30.2 Å². The molecule has 2 aromatic rings. The maximum Gasteiger partial charge on any atom is 0.439 e. The Morgan fingerprint density at radius 3 is 1.82 bits per heavy atom. The summed E-state index contributed by atoms with van der Waals surface area (Å²) in [5.74, 6) is -0.101. The molecule has 1 atom stereocenters. The minimum Gasteiger partial charge on any atom is -0.462 e. The second-order valence-electron chi connectivity index (χ2n) is 6.64. The number of benzene rings is 2. The first-order valence-corrected chi connectivity index (χ1v) is 10.3. The average Bonchev–Trinajstić information content (AvgIpc) is 2.84. The van der Waals surface area contributed by atoms with Crippen LogP contribution in [0.5, 0.6) is 11.5 Å².